The van der Waals surface area contributed by atoms with E-state index in [1.54, 1.807) is 24.3 Å². The summed E-state index contributed by atoms with van der Waals surface area (Å²) in [5.41, 5.74) is 2.03. The van der Waals surface area contributed by atoms with Crippen LogP contribution in [-0.4, -0.2) is 11.8 Å². The molecule has 0 heterocycles. The second-order valence-electron chi connectivity index (χ2n) is 6.96. The summed E-state index contributed by atoms with van der Waals surface area (Å²) in [5.74, 6) is -0.103. The summed E-state index contributed by atoms with van der Waals surface area (Å²) in [7, 11) is 0. The van der Waals surface area contributed by atoms with Crippen LogP contribution in [0.25, 0.3) is 0 Å². The highest BCUT2D eigenvalue weighted by atomic mass is 35.5. The van der Waals surface area contributed by atoms with Gasteiger partial charge in [0.25, 0.3) is 0 Å². The summed E-state index contributed by atoms with van der Waals surface area (Å²) in [6, 6.07) is 14.6. The van der Waals surface area contributed by atoms with Crippen LogP contribution in [0.15, 0.2) is 48.5 Å². The first-order chi connectivity index (χ1) is 11.7. The van der Waals surface area contributed by atoms with Crippen LogP contribution in [0.1, 0.15) is 32.8 Å². The van der Waals surface area contributed by atoms with Crippen molar-refractivity contribution in [2.75, 3.05) is 10.6 Å². The number of aryl methyl sites for hydroxylation is 1. The standard InChI is InChI=1S/C20H23ClN2O2/c1-20(2,3)19(25)23-17-11-9-16(10-12-17)22-18(24)13-6-14-4-7-15(21)8-5-14/h4-5,7-12H,6,13H2,1-3H3,(H,22,24)(H,23,25). The first kappa shape index (κ1) is 19.0. The molecule has 2 rings (SSSR count). The molecule has 0 saturated heterocycles. The van der Waals surface area contributed by atoms with Crippen LogP contribution < -0.4 is 10.6 Å². The monoisotopic (exact) mass is 358 g/mol. The summed E-state index contributed by atoms with van der Waals surface area (Å²) in [6.45, 7) is 5.58. The van der Waals surface area contributed by atoms with Crippen molar-refractivity contribution < 1.29 is 9.59 Å². The van der Waals surface area contributed by atoms with Gasteiger partial charge in [-0.05, 0) is 48.4 Å². The lowest BCUT2D eigenvalue weighted by molar-refractivity contribution is -0.123. The lowest BCUT2D eigenvalue weighted by Gasteiger charge is -2.17. The zero-order chi connectivity index (χ0) is 18.4. The third-order valence-corrected chi connectivity index (χ3v) is 3.91. The molecule has 0 unspecified atom stereocenters. The number of carbonyl (C=O) groups excluding carboxylic acids is 2. The number of hydrogen-bond acceptors (Lipinski definition) is 2. The van der Waals surface area contributed by atoms with Crippen LogP contribution in [0.5, 0.6) is 0 Å². The Bertz CT molecular complexity index is 732. The van der Waals surface area contributed by atoms with E-state index in [4.69, 9.17) is 11.6 Å². The van der Waals surface area contributed by atoms with Crippen LogP contribution in [0.2, 0.25) is 5.02 Å². The summed E-state index contributed by atoms with van der Waals surface area (Å²) >= 11 is 5.85. The molecule has 132 valence electrons. The summed E-state index contributed by atoms with van der Waals surface area (Å²) in [5, 5.41) is 6.39. The Kier molecular flexibility index (Phi) is 6.21. The van der Waals surface area contributed by atoms with E-state index in [1.807, 2.05) is 45.0 Å². The van der Waals surface area contributed by atoms with Crippen molar-refractivity contribution in [2.24, 2.45) is 5.41 Å². The van der Waals surface area contributed by atoms with Gasteiger partial charge in [-0.2, -0.15) is 0 Å². The predicted molar refractivity (Wildman–Crippen MR) is 103 cm³/mol. The molecule has 0 aliphatic rings. The van der Waals surface area contributed by atoms with Gasteiger partial charge < -0.3 is 10.6 Å². The lowest BCUT2D eigenvalue weighted by Crippen LogP contribution is -2.27. The van der Waals surface area contributed by atoms with E-state index < -0.39 is 5.41 Å². The molecule has 0 spiro atoms. The van der Waals surface area contributed by atoms with Crippen molar-refractivity contribution in [1.29, 1.82) is 0 Å². The van der Waals surface area contributed by atoms with Gasteiger partial charge in [0.05, 0.1) is 0 Å². The Morgan fingerprint density at radius 2 is 1.40 bits per heavy atom. The molecule has 2 N–H and O–H groups in total. The van der Waals surface area contributed by atoms with E-state index in [0.29, 0.717) is 29.2 Å². The normalized spacial score (nSPS) is 11.0. The topological polar surface area (TPSA) is 58.2 Å². The van der Waals surface area contributed by atoms with Crippen molar-refractivity contribution in [3.63, 3.8) is 0 Å². The molecule has 0 aliphatic heterocycles. The molecule has 0 bridgehead atoms. The van der Waals surface area contributed by atoms with Gasteiger partial charge in [-0.3, -0.25) is 9.59 Å². The SMILES string of the molecule is CC(C)(C)C(=O)Nc1ccc(NC(=O)CCc2ccc(Cl)cc2)cc1. The Morgan fingerprint density at radius 1 is 0.880 bits per heavy atom. The third-order valence-electron chi connectivity index (χ3n) is 3.66. The number of rotatable bonds is 5. The Hall–Kier alpha value is -2.33. The molecule has 0 atom stereocenters. The maximum Gasteiger partial charge on any atom is 0.229 e. The molecule has 0 saturated carbocycles. The predicted octanol–water partition coefficient (Wildman–Crippen LogP) is 4.90. The number of carbonyl (C=O) groups is 2. The van der Waals surface area contributed by atoms with Gasteiger partial charge in [-0.25, -0.2) is 0 Å². The average Bonchev–Trinajstić information content (AvgIpc) is 2.55. The highest BCUT2D eigenvalue weighted by Gasteiger charge is 2.20. The van der Waals surface area contributed by atoms with Crippen LogP contribution in [-0.2, 0) is 16.0 Å². The second-order valence-corrected chi connectivity index (χ2v) is 7.39. The minimum absolute atomic E-state index is 0.0488. The van der Waals surface area contributed by atoms with Gasteiger partial charge in [0, 0.05) is 28.2 Å². The minimum Gasteiger partial charge on any atom is -0.326 e. The smallest absolute Gasteiger partial charge is 0.229 e. The van der Waals surface area contributed by atoms with Gasteiger partial charge in [0.1, 0.15) is 0 Å². The Morgan fingerprint density at radius 3 is 1.92 bits per heavy atom. The number of nitrogens with one attached hydrogen (secondary N) is 2. The molecule has 5 heteroatoms. The Labute approximate surface area is 153 Å². The van der Waals surface area contributed by atoms with Crippen LogP contribution in [0.3, 0.4) is 0 Å². The van der Waals surface area contributed by atoms with E-state index in [-0.39, 0.29) is 11.8 Å². The molecule has 25 heavy (non-hydrogen) atoms. The molecule has 0 radical (unpaired) electrons. The zero-order valence-electron chi connectivity index (χ0n) is 14.7. The zero-order valence-corrected chi connectivity index (χ0v) is 15.5. The fourth-order valence-electron chi connectivity index (χ4n) is 2.09. The van der Waals surface area contributed by atoms with E-state index >= 15 is 0 Å². The van der Waals surface area contributed by atoms with Crippen molar-refractivity contribution >= 4 is 34.8 Å². The third kappa shape index (κ3) is 6.24. The molecule has 0 aliphatic carbocycles. The highest BCUT2D eigenvalue weighted by Crippen LogP contribution is 2.19. The quantitative estimate of drug-likeness (QED) is 0.798. The molecule has 2 amide bonds. The molecule has 2 aromatic rings. The maximum absolute atomic E-state index is 12.0. The fourth-order valence-corrected chi connectivity index (χ4v) is 2.21. The summed E-state index contributed by atoms with van der Waals surface area (Å²) in [4.78, 5) is 24.0. The number of anilines is 2. The van der Waals surface area contributed by atoms with Gasteiger partial charge in [0.2, 0.25) is 11.8 Å². The maximum atomic E-state index is 12.0. The van der Waals surface area contributed by atoms with E-state index in [9.17, 15) is 9.59 Å². The van der Waals surface area contributed by atoms with E-state index in [0.717, 1.165) is 5.56 Å². The molecule has 2 aromatic carbocycles. The molecule has 4 nitrogen and oxygen atoms in total. The Balaban J connectivity index is 1.84. The number of benzene rings is 2. The molecule has 0 aromatic heterocycles. The van der Waals surface area contributed by atoms with E-state index in [2.05, 4.69) is 10.6 Å². The van der Waals surface area contributed by atoms with Gasteiger partial charge >= 0.3 is 0 Å². The summed E-state index contributed by atoms with van der Waals surface area (Å²) in [6.07, 6.45) is 1.05. The number of amides is 2. The van der Waals surface area contributed by atoms with Gasteiger partial charge in [0.15, 0.2) is 0 Å². The van der Waals surface area contributed by atoms with Crippen LogP contribution in [0, 0.1) is 5.41 Å². The van der Waals surface area contributed by atoms with Crippen molar-refractivity contribution in [3.8, 4) is 0 Å². The molecular formula is C20H23ClN2O2. The van der Waals surface area contributed by atoms with Crippen molar-refractivity contribution in [2.45, 2.75) is 33.6 Å². The lowest BCUT2D eigenvalue weighted by atomic mass is 9.95. The number of halogens is 1. The average molecular weight is 359 g/mol. The first-order valence-electron chi connectivity index (χ1n) is 8.20. The highest BCUT2D eigenvalue weighted by molar-refractivity contribution is 6.30. The second kappa shape index (κ2) is 8.17. The van der Waals surface area contributed by atoms with Crippen molar-refractivity contribution in [3.05, 3.63) is 59.1 Å². The van der Waals surface area contributed by atoms with E-state index in [1.165, 1.54) is 0 Å². The first-order valence-corrected chi connectivity index (χ1v) is 8.58. The van der Waals surface area contributed by atoms with Crippen LogP contribution in [0.4, 0.5) is 11.4 Å². The summed E-state index contributed by atoms with van der Waals surface area (Å²) < 4.78 is 0. The van der Waals surface area contributed by atoms with Crippen LogP contribution >= 0.6 is 11.6 Å². The van der Waals surface area contributed by atoms with Gasteiger partial charge in [-0.1, -0.05) is 44.5 Å². The number of hydrogen-bond donors (Lipinski definition) is 2. The van der Waals surface area contributed by atoms with Crippen molar-refractivity contribution in [1.82, 2.24) is 0 Å². The molecule has 0 fully saturated rings. The minimum atomic E-state index is -0.450. The largest absolute Gasteiger partial charge is 0.326 e. The molecular weight excluding hydrogens is 336 g/mol. The van der Waals surface area contributed by atoms with Gasteiger partial charge in [-0.15, -0.1) is 0 Å². The fraction of sp³-hybridized carbons (Fsp3) is 0.300.